The number of nitrogens with zero attached hydrogens (tertiary/aromatic N) is 3. The standard InChI is InChI=1S/C29H36N6O/c1-35(2)27-24-13-7-9-15-26(24)32-28(34-27)30-21-16-18-22(19-17-21)31-29(36)33-25-14-8-6-12-23(25)20-10-4-3-5-11-20/h3-6,8,10-12,14,21-22H,7,9,13,15-19H2,1-2H3,(H,30,32,34)(H2,31,33,36). The van der Waals surface area contributed by atoms with Crippen molar-refractivity contribution in [2.75, 3.05) is 29.6 Å². The molecule has 0 aliphatic heterocycles. The first-order chi connectivity index (χ1) is 17.6. The summed E-state index contributed by atoms with van der Waals surface area (Å²) in [6.45, 7) is 0. The summed E-state index contributed by atoms with van der Waals surface area (Å²) in [7, 11) is 4.11. The zero-order chi connectivity index (χ0) is 24.9. The van der Waals surface area contributed by atoms with E-state index in [2.05, 4.69) is 47.1 Å². The Labute approximate surface area is 213 Å². The Morgan fingerprint density at radius 2 is 1.56 bits per heavy atom. The van der Waals surface area contributed by atoms with Crippen molar-refractivity contribution >= 4 is 23.5 Å². The number of hydrogen-bond acceptors (Lipinski definition) is 5. The number of nitrogens with one attached hydrogen (secondary N) is 3. The van der Waals surface area contributed by atoms with E-state index in [1.807, 2.05) is 42.5 Å². The van der Waals surface area contributed by atoms with Crippen LogP contribution in [0.3, 0.4) is 0 Å². The molecule has 188 valence electrons. The van der Waals surface area contributed by atoms with Gasteiger partial charge in [-0.25, -0.2) is 9.78 Å². The molecule has 3 N–H and O–H groups in total. The number of amides is 2. The second-order valence-corrected chi connectivity index (χ2v) is 10.1. The molecule has 0 unspecified atom stereocenters. The minimum atomic E-state index is -0.150. The maximum atomic E-state index is 12.8. The van der Waals surface area contributed by atoms with Crippen LogP contribution in [-0.2, 0) is 12.8 Å². The molecular weight excluding hydrogens is 448 g/mol. The van der Waals surface area contributed by atoms with Crippen LogP contribution in [0.2, 0.25) is 0 Å². The van der Waals surface area contributed by atoms with Crippen LogP contribution < -0.4 is 20.9 Å². The van der Waals surface area contributed by atoms with E-state index < -0.39 is 0 Å². The highest BCUT2D eigenvalue weighted by atomic mass is 16.2. The van der Waals surface area contributed by atoms with Crippen molar-refractivity contribution in [1.29, 1.82) is 0 Å². The van der Waals surface area contributed by atoms with Gasteiger partial charge in [0.05, 0.1) is 11.4 Å². The lowest BCUT2D eigenvalue weighted by molar-refractivity contribution is 0.243. The molecule has 3 aromatic rings. The Bertz CT molecular complexity index is 1190. The Kier molecular flexibility index (Phi) is 7.35. The van der Waals surface area contributed by atoms with E-state index in [4.69, 9.17) is 9.97 Å². The Hall–Kier alpha value is -3.61. The third kappa shape index (κ3) is 5.61. The molecule has 0 atom stereocenters. The Morgan fingerprint density at radius 3 is 2.33 bits per heavy atom. The van der Waals surface area contributed by atoms with Gasteiger partial charge in [0.15, 0.2) is 0 Å². The molecule has 2 amide bonds. The fraction of sp³-hybridized carbons (Fsp3) is 0.414. The zero-order valence-corrected chi connectivity index (χ0v) is 21.3. The van der Waals surface area contributed by atoms with Gasteiger partial charge in [-0.05, 0) is 63.0 Å². The van der Waals surface area contributed by atoms with Gasteiger partial charge in [0.1, 0.15) is 5.82 Å². The molecule has 0 saturated heterocycles. The number of carbonyl (C=O) groups excluding carboxylic acids is 1. The van der Waals surface area contributed by atoms with Gasteiger partial charge in [-0.2, -0.15) is 4.98 Å². The number of aromatic nitrogens is 2. The first kappa shape index (κ1) is 24.1. The zero-order valence-electron chi connectivity index (χ0n) is 21.3. The SMILES string of the molecule is CN(C)c1nc(NC2CCC(NC(=O)Nc3ccccc3-c3ccccc3)CC2)nc2c1CCCC2. The second-order valence-electron chi connectivity index (χ2n) is 10.1. The van der Waals surface area contributed by atoms with Crippen LogP contribution in [0, 0.1) is 0 Å². The molecule has 0 bridgehead atoms. The number of para-hydroxylation sites is 1. The van der Waals surface area contributed by atoms with Gasteiger partial charge >= 0.3 is 6.03 Å². The summed E-state index contributed by atoms with van der Waals surface area (Å²) in [5.74, 6) is 1.79. The first-order valence-electron chi connectivity index (χ1n) is 13.1. The fourth-order valence-corrected chi connectivity index (χ4v) is 5.38. The van der Waals surface area contributed by atoms with Crippen molar-refractivity contribution in [2.24, 2.45) is 0 Å². The summed E-state index contributed by atoms with van der Waals surface area (Å²) in [5.41, 5.74) is 5.43. The van der Waals surface area contributed by atoms with Crippen molar-refractivity contribution in [1.82, 2.24) is 15.3 Å². The largest absolute Gasteiger partial charge is 0.362 e. The number of rotatable bonds is 6. The number of urea groups is 1. The van der Waals surface area contributed by atoms with Gasteiger partial charge in [-0.15, -0.1) is 0 Å². The van der Waals surface area contributed by atoms with Crippen molar-refractivity contribution in [3.8, 4) is 11.1 Å². The molecule has 2 aliphatic rings. The molecule has 5 rings (SSSR count). The van der Waals surface area contributed by atoms with Crippen LogP contribution in [0.4, 0.5) is 22.2 Å². The molecule has 1 fully saturated rings. The van der Waals surface area contributed by atoms with E-state index in [1.165, 1.54) is 24.1 Å². The van der Waals surface area contributed by atoms with Gasteiger partial charge in [0.2, 0.25) is 5.95 Å². The van der Waals surface area contributed by atoms with Crippen LogP contribution in [-0.4, -0.2) is 42.2 Å². The summed E-state index contributed by atoms with van der Waals surface area (Å²) in [5, 5.41) is 9.83. The normalized spacial score (nSPS) is 19.2. The van der Waals surface area contributed by atoms with E-state index in [1.54, 1.807) is 0 Å². The molecule has 36 heavy (non-hydrogen) atoms. The number of fused-ring (bicyclic) bond motifs is 1. The van der Waals surface area contributed by atoms with Gasteiger partial charge in [-0.3, -0.25) is 0 Å². The molecule has 0 spiro atoms. The van der Waals surface area contributed by atoms with E-state index in [9.17, 15) is 4.79 Å². The summed E-state index contributed by atoms with van der Waals surface area (Å²) in [6.07, 6.45) is 8.32. The van der Waals surface area contributed by atoms with Crippen LogP contribution in [0.25, 0.3) is 11.1 Å². The molecule has 2 aliphatic carbocycles. The monoisotopic (exact) mass is 484 g/mol. The molecule has 0 radical (unpaired) electrons. The molecular formula is C29H36N6O. The van der Waals surface area contributed by atoms with Gasteiger partial charge < -0.3 is 20.9 Å². The highest BCUT2D eigenvalue weighted by molar-refractivity contribution is 5.94. The van der Waals surface area contributed by atoms with Crippen molar-refractivity contribution in [2.45, 2.75) is 63.5 Å². The summed E-state index contributed by atoms with van der Waals surface area (Å²) in [6, 6.07) is 18.4. The predicted octanol–water partition coefficient (Wildman–Crippen LogP) is 5.63. The van der Waals surface area contributed by atoms with Gasteiger partial charge in [0, 0.05) is 37.3 Å². The number of carbonyl (C=O) groups is 1. The number of benzene rings is 2. The molecule has 2 aromatic carbocycles. The van der Waals surface area contributed by atoms with Crippen molar-refractivity contribution in [3.05, 3.63) is 65.9 Å². The molecule has 7 heteroatoms. The van der Waals surface area contributed by atoms with Crippen molar-refractivity contribution < 1.29 is 4.79 Å². The molecule has 1 aromatic heterocycles. The van der Waals surface area contributed by atoms with E-state index in [-0.39, 0.29) is 12.1 Å². The predicted molar refractivity (Wildman–Crippen MR) is 147 cm³/mol. The molecule has 1 saturated carbocycles. The topological polar surface area (TPSA) is 82.2 Å². The van der Waals surface area contributed by atoms with Crippen LogP contribution in [0.5, 0.6) is 0 Å². The van der Waals surface area contributed by atoms with Crippen molar-refractivity contribution in [3.63, 3.8) is 0 Å². The lowest BCUT2D eigenvalue weighted by Gasteiger charge is -2.30. The van der Waals surface area contributed by atoms with Gasteiger partial charge in [0.25, 0.3) is 0 Å². The van der Waals surface area contributed by atoms with E-state index in [0.29, 0.717) is 6.04 Å². The third-order valence-corrected chi connectivity index (χ3v) is 7.24. The highest BCUT2D eigenvalue weighted by Crippen LogP contribution is 2.30. The summed E-state index contributed by atoms with van der Waals surface area (Å²) < 4.78 is 0. The summed E-state index contributed by atoms with van der Waals surface area (Å²) in [4.78, 5) is 24.6. The van der Waals surface area contributed by atoms with E-state index in [0.717, 1.165) is 67.1 Å². The Morgan fingerprint density at radius 1 is 0.861 bits per heavy atom. The highest BCUT2D eigenvalue weighted by Gasteiger charge is 2.25. The Balaban J connectivity index is 1.16. The lowest BCUT2D eigenvalue weighted by Crippen LogP contribution is -2.42. The quantitative estimate of drug-likeness (QED) is 0.422. The van der Waals surface area contributed by atoms with E-state index >= 15 is 0 Å². The minimum absolute atomic E-state index is 0.150. The molecule has 1 heterocycles. The smallest absolute Gasteiger partial charge is 0.319 e. The maximum Gasteiger partial charge on any atom is 0.319 e. The number of hydrogen-bond donors (Lipinski definition) is 3. The number of aryl methyl sites for hydroxylation is 1. The van der Waals surface area contributed by atoms with Crippen LogP contribution >= 0.6 is 0 Å². The minimum Gasteiger partial charge on any atom is -0.362 e. The average Bonchev–Trinajstić information content (AvgIpc) is 2.90. The maximum absolute atomic E-state index is 12.8. The second kappa shape index (κ2) is 11.0. The number of anilines is 3. The fourth-order valence-electron chi connectivity index (χ4n) is 5.38. The van der Waals surface area contributed by atoms with Crippen LogP contribution in [0.1, 0.15) is 49.8 Å². The van der Waals surface area contributed by atoms with Crippen LogP contribution in [0.15, 0.2) is 54.6 Å². The third-order valence-electron chi connectivity index (χ3n) is 7.24. The lowest BCUT2D eigenvalue weighted by atomic mass is 9.91. The van der Waals surface area contributed by atoms with Gasteiger partial charge in [-0.1, -0.05) is 48.5 Å². The average molecular weight is 485 g/mol. The molecule has 7 nitrogen and oxygen atoms in total. The summed E-state index contributed by atoms with van der Waals surface area (Å²) >= 11 is 0. The first-order valence-corrected chi connectivity index (χ1v) is 13.1.